The normalized spacial score (nSPS) is 16.2. The average molecular weight is 323 g/mol. The van der Waals surface area contributed by atoms with Crippen LogP contribution in [0.1, 0.15) is 49.3 Å². The summed E-state index contributed by atoms with van der Waals surface area (Å²) in [4.78, 5) is 0. The van der Waals surface area contributed by atoms with Crippen LogP contribution in [-0.4, -0.2) is 18.7 Å². The van der Waals surface area contributed by atoms with Crippen LogP contribution in [0.15, 0.2) is 48.5 Å². The van der Waals surface area contributed by atoms with Crippen molar-refractivity contribution in [3.8, 4) is 5.75 Å². The van der Waals surface area contributed by atoms with Gasteiger partial charge >= 0.3 is 0 Å². The quantitative estimate of drug-likeness (QED) is 0.733. The monoisotopic (exact) mass is 323 g/mol. The Hall–Kier alpha value is -1.80. The van der Waals surface area contributed by atoms with Gasteiger partial charge in [-0.15, -0.1) is 0 Å². The second kappa shape index (κ2) is 7.85. The summed E-state index contributed by atoms with van der Waals surface area (Å²) in [5.41, 5.74) is 4.40. The second-order valence-corrected chi connectivity index (χ2v) is 7.29. The fraction of sp³-hybridized carbons (Fsp3) is 0.455. The van der Waals surface area contributed by atoms with Crippen molar-refractivity contribution in [1.82, 2.24) is 5.32 Å². The van der Waals surface area contributed by atoms with Gasteiger partial charge in [-0.1, -0.05) is 49.2 Å². The van der Waals surface area contributed by atoms with E-state index in [-0.39, 0.29) is 0 Å². The van der Waals surface area contributed by atoms with Crippen LogP contribution in [0.25, 0.3) is 0 Å². The number of aryl methyl sites for hydroxylation is 1. The maximum absolute atomic E-state index is 5.88. The number of ether oxygens (including phenoxy) is 1. The lowest BCUT2D eigenvalue weighted by molar-refractivity contribution is 0.277. The first kappa shape index (κ1) is 17.0. The van der Waals surface area contributed by atoms with Crippen molar-refractivity contribution in [3.05, 3.63) is 65.2 Å². The summed E-state index contributed by atoms with van der Waals surface area (Å²) in [5, 5.41) is 3.65. The zero-order valence-electron chi connectivity index (χ0n) is 15.0. The molecule has 0 aromatic heterocycles. The summed E-state index contributed by atoms with van der Waals surface area (Å²) in [6.07, 6.45) is 6.27. The van der Waals surface area contributed by atoms with Crippen molar-refractivity contribution >= 4 is 0 Å². The van der Waals surface area contributed by atoms with Gasteiger partial charge in [-0.3, -0.25) is 0 Å². The van der Waals surface area contributed by atoms with E-state index in [1.54, 1.807) is 0 Å². The van der Waals surface area contributed by atoms with E-state index in [0.717, 1.165) is 25.3 Å². The highest BCUT2D eigenvalue weighted by molar-refractivity contribution is 5.34. The molecule has 0 amide bonds. The summed E-state index contributed by atoms with van der Waals surface area (Å²) >= 11 is 0. The molecule has 0 radical (unpaired) electrons. The lowest BCUT2D eigenvalue weighted by Gasteiger charge is -2.25. The van der Waals surface area contributed by atoms with E-state index in [4.69, 9.17) is 4.74 Å². The third-order valence-electron chi connectivity index (χ3n) is 5.21. The molecule has 2 aromatic carbocycles. The van der Waals surface area contributed by atoms with Gasteiger partial charge in [0.15, 0.2) is 0 Å². The Balaban J connectivity index is 1.45. The summed E-state index contributed by atoms with van der Waals surface area (Å²) < 4.78 is 5.88. The topological polar surface area (TPSA) is 21.3 Å². The predicted octanol–water partition coefficient (Wildman–Crippen LogP) is 4.89. The van der Waals surface area contributed by atoms with E-state index in [0.29, 0.717) is 5.54 Å². The van der Waals surface area contributed by atoms with Crippen LogP contribution in [0.4, 0.5) is 0 Å². The number of rotatable bonds is 7. The zero-order valence-corrected chi connectivity index (χ0v) is 15.0. The third-order valence-corrected chi connectivity index (χ3v) is 5.21. The Morgan fingerprint density at radius 2 is 1.71 bits per heavy atom. The van der Waals surface area contributed by atoms with E-state index in [1.807, 2.05) is 0 Å². The lowest BCUT2D eigenvalue weighted by Crippen LogP contribution is -2.41. The zero-order chi connectivity index (χ0) is 16.8. The van der Waals surface area contributed by atoms with Crippen LogP contribution < -0.4 is 10.1 Å². The highest BCUT2D eigenvalue weighted by Crippen LogP contribution is 2.28. The van der Waals surface area contributed by atoms with Crippen LogP contribution in [0, 0.1) is 6.92 Å². The molecule has 1 aliphatic carbocycles. The summed E-state index contributed by atoms with van der Waals surface area (Å²) in [7, 11) is 0. The van der Waals surface area contributed by atoms with Gasteiger partial charge in [-0.05, 0) is 61.9 Å². The highest BCUT2D eigenvalue weighted by atomic mass is 16.5. The van der Waals surface area contributed by atoms with Crippen molar-refractivity contribution in [2.45, 2.75) is 51.5 Å². The Kier molecular flexibility index (Phi) is 5.57. The Bertz CT molecular complexity index is 641. The number of hydrogen-bond acceptors (Lipinski definition) is 2. The molecule has 2 heteroatoms. The van der Waals surface area contributed by atoms with E-state index >= 15 is 0 Å². The van der Waals surface area contributed by atoms with Gasteiger partial charge in [0.25, 0.3) is 0 Å². The molecular formula is C22H29NO. The average Bonchev–Trinajstić information content (AvgIpc) is 3.02. The third kappa shape index (κ3) is 4.61. The Morgan fingerprint density at radius 1 is 1.00 bits per heavy atom. The molecule has 3 rings (SSSR count). The molecule has 0 bridgehead atoms. The van der Waals surface area contributed by atoms with Gasteiger partial charge in [0.1, 0.15) is 12.4 Å². The molecular weight excluding hydrogens is 294 g/mol. The molecule has 128 valence electrons. The van der Waals surface area contributed by atoms with Crippen molar-refractivity contribution in [1.29, 1.82) is 0 Å². The van der Waals surface area contributed by atoms with Gasteiger partial charge in [0.2, 0.25) is 0 Å². The first-order valence-corrected chi connectivity index (χ1v) is 9.16. The summed E-state index contributed by atoms with van der Waals surface area (Å²) in [5.74, 6) is 0.960. The van der Waals surface area contributed by atoms with Crippen LogP contribution in [0.2, 0.25) is 0 Å². The molecule has 24 heavy (non-hydrogen) atoms. The molecule has 0 spiro atoms. The molecule has 0 saturated heterocycles. The Morgan fingerprint density at radius 3 is 2.42 bits per heavy atom. The van der Waals surface area contributed by atoms with Crippen molar-refractivity contribution in [2.75, 3.05) is 13.2 Å². The first-order valence-electron chi connectivity index (χ1n) is 9.16. The molecule has 0 unspecified atom stereocenters. The second-order valence-electron chi connectivity index (χ2n) is 7.29. The van der Waals surface area contributed by atoms with E-state index in [1.165, 1.54) is 42.4 Å². The van der Waals surface area contributed by atoms with E-state index in [2.05, 4.69) is 67.7 Å². The molecule has 1 N–H and O–H groups in total. The first-order chi connectivity index (χ1) is 11.6. The van der Waals surface area contributed by atoms with Crippen LogP contribution in [0.5, 0.6) is 5.75 Å². The van der Waals surface area contributed by atoms with Gasteiger partial charge in [0, 0.05) is 12.1 Å². The van der Waals surface area contributed by atoms with Gasteiger partial charge in [-0.25, -0.2) is 0 Å². The largest absolute Gasteiger partial charge is 0.492 e. The molecule has 2 nitrogen and oxygen atoms in total. The van der Waals surface area contributed by atoms with Crippen molar-refractivity contribution in [2.24, 2.45) is 0 Å². The van der Waals surface area contributed by atoms with E-state index < -0.39 is 0 Å². The van der Waals surface area contributed by atoms with Crippen LogP contribution in [0.3, 0.4) is 0 Å². The molecule has 0 heterocycles. The predicted molar refractivity (Wildman–Crippen MR) is 101 cm³/mol. The minimum Gasteiger partial charge on any atom is -0.492 e. The fourth-order valence-electron chi connectivity index (χ4n) is 3.59. The Labute approximate surface area is 146 Å². The number of benzene rings is 2. The maximum Gasteiger partial charge on any atom is 0.119 e. The lowest BCUT2D eigenvalue weighted by atomic mass is 10.0. The van der Waals surface area contributed by atoms with Crippen molar-refractivity contribution < 1.29 is 4.74 Å². The maximum atomic E-state index is 5.88. The van der Waals surface area contributed by atoms with Crippen LogP contribution in [-0.2, 0) is 6.42 Å². The fourth-order valence-corrected chi connectivity index (χ4v) is 3.59. The minimum absolute atomic E-state index is 0.334. The number of nitrogens with one attached hydrogen (secondary N) is 1. The molecule has 1 fully saturated rings. The molecule has 0 aliphatic heterocycles. The molecule has 0 atom stereocenters. The van der Waals surface area contributed by atoms with Gasteiger partial charge < -0.3 is 10.1 Å². The molecule has 2 aromatic rings. The molecule has 1 aliphatic rings. The summed E-state index contributed by atoms with van der Waals surface area (Å²) in [6, 6.07) is 17.1. The summed E-state index contributed by atoms with van der Waals surface area (Å²) in [6.45, 7) is 6.15. The smallest absolute Gasteiger partial charge is 0.119 e. The number of hydrogen-bond donors (Lipinski definition) is 1. The standard InChI is InChI=1S/C22H29NO/c1-18-7-3-4-8-20(18)17-19-9-11-21(12-10-19)24-16-15-23-22(2)13-5-6-14-22/h3-4,7-12,23H,5-6,13-17H2,1-2H3. The SMILES string of the molecule is Cc1ccccc1Cc1ccc(OCCNC2(C)CCCC2)cc1. The highest BCUT2D eigenvalue weighted by Gasteiger charge is 2.27. The van der Waals surface area contributed by atoms with Crippen molar-refractivity contribution in [3.63, 3.8) is 0 Å². The van der Waals surface area contributed by atoms with E-state index in [9.17, 15) is 0 Å². The van der Waals surface area contributed by atoms with Gasteiger partial charge in [-0.2, -0.15) is 0 Å². The van der Waals surface area contributed by atoms with Gasteiger partial charge in [0.05, 0.1) is 0 Å². The van der Waals surface area contributed by atoms with Crippen LogP contribution >= 0.6 is 0 Å². The minimum atomic E-state index is 0.334. The molecule has 1 saturated carbocycles.